The van der Waals surface area contributed by atoms with Crippen molar-refractivity contribution in [3.63, 3.8) is 0 Å². The first-order valence-corrected chi connectivity index (χ1v) is 2.59. The minimum absolute atomic E-state index is 0.795. The van der Waals surface area contributed by atoms with Crippen molar-refractivity contribution in [1.29, 1.82) is 0 Å². The predicted molar refractivity (Wildman–Crippen MR) is 28.5 cm³/mol. The molecule has 1 heterocycles. The Morgan fingerprint density at radius 2 is 2.71 bits per heavy atom. The van der Waals surface area contributed by atoms with Gasteiger partial charge in [-0.25, -0.2) is 0 Å². The van der Waals surface area contributed by atoms with Crippen LogP contribution in [-0.2, 0) is 4.74 Å². The van der Waals surface area contributed by atoms with E-state index < -0.39 is 0 Å². The van der Waals surface area contributed by atoms with Gasteiger partial charge in [-0.3, -0.25) is 4.99 Å². The summed E-state index contributed by atoms with van der Waals surface area (Å²) in [7, 11) is 0. The van der Waals surface area contributed by atoms with Crippen LogP contribution in [0.15, 0.2) is 4.99 Å². The van der Waals surface area contributed by atoms with Crippen LogP contribution in [0.1, 0.15) is 13.3 Å². The maximum absolute atomic E-state index is 5.05. The molecule has 0 amide bonds. The smallest absolute Gasteiger partial charge is 0.183 e. The Morgan fingerprint density at radius 3 is 3.00 bits per heavy atom. The van der Waals surface area contributed by atoms with E-state index in [-0.39, 0.29) is 0 Å². The summed E-state index contributed by atoms with van der Waals surface area (Å²) in [5.41, 5.74) is 0. The molecule has 0 aromatic heterocycles. The van der Waals surface area contributed by atoms with Crippen molar-refractivity contribution in [2.45, 2.75) is 13.3 Å². The van der Waals surface area contributed by atoms with Crippen molar-refractivity contribution < 1.29 is 4.74 Å². The molecule has 0 atom stereocenters. The Morgan fingerprint density at radius 1 is 1.86 bits per heavy atom. The molecule has 0 bridgehead atoms. The lowest BCUT2D eigenvalue weighted by atomic mass is 10.5. The second kappa shape index (κ2) is 1.96. The second-order valence-corrected chi connectivity index (χ2v) is 1.48. The molecule has 0 N–H and O–H groups in total. The van der Waals surface area contributed by atoms with Crippen molar-refractivity contribution in [2.24, 2.45) is 4.99 Å². The van der Waals surface area contributed by atoms with Gasteiger partial charge in [-0.05, 0) is 0 Å². The van der Waals surface area contributed by atoms with E-state index in [0.29, 0.717) is 0 Å². The van der Waals surface area contributed by atoms with Crippen molar-refractivity contribution in [2.75, 3.05) is 13.2 Å². The predicted octanol–water partition coefficient (Wildman–Crippen LogP) is 0.825. The van der Waals surface area contributed by atoms with Crippen LogP contribution in [0.2, 0.25) is 0 Å². The van der Waals surface area contributed by atoms with Crippen molar-refractivity contribution >= 4 is 5.90 Å². The first-order valence-electron chi connectivity index (χ1n) is 2.59. The Hall–Kier alpha value is -0.530. The van der Waals surface area contributed by atoms with E-state index in [1.54, 1.807) is 0 Å². The van der Waals surface area contributed by atoms with Crippen molar-refractivity contribution in [1.82, 2.24) is 0 Å². The lowest BCUT2D eigenvalue weighted by Crippen LogP contribution is -1.94. The summed E-state index contributed by atoms with van der Waals surface area (Å²) >= 11 is 0. The second-order valence-electron chi connectivity index (χ2n) is 1.48. The summed E-state index contributed by atoms with van der Waals surface area (Å²) in [6.07, 6.45) is 0.944. The maximum atomic E-state index is 5.05. The largest absolute Gasteiger partial charge is 0.479 e. The van der Waals surface area contributed by atoms with Gasteiger partial charge in [-0.2, -0.15) is 0 Å². The number of ether oxygens (including phenoxy) is 1. The lowest BCUT2D eigenvalue weighted by Gasteiger charge is -1.91. The molecule has 2 nitrogen and oxygen atoms in total. The summed E-state index contributed by atoms with van der Waals surface area (Å²) in [6, 6.07) is 0. The van der Waals surface area contributed by atoms with Gasteiger partial charge < -0.3 is 4.74 Å². The maximum Gasteiger partial charge on any atom is 0.183 e. The molecule has 0 unspecified atom stereocenters. The number of hydrogen-bond acceptors (Lipinski definition) is 2. The van der Waals surface area contributed by atoms with E-state index in [1.165, 1.54) is 0 Å². The monoisotopic (exact) mass is 99.1 g/mol. The highest BCUT2D eigenvalue weighted by Crippen LogP contribution is 1.95. The molecule has 0 spiro atoms. The molecule has 0 saturated heterocycles. The first-order chi connectivity index (χ1) is 3.43. The summed E-state index contributed by atoms with van der Waals surface area (Å²) in [5.74, 6) is 0.917. The molecule has 0 radical (unpaired) electrons. The van der Waals surface area contributed by atoms with Gasteiger partial charge in [0.25, 0.3) is 0 Å². The van der Waals surface area contributed by atoms with Gasteiger partial charge in [0, 0.05) is 6.42 Å². The molecule has 0 aromatic rings. The Bertz CT molecular complexity index is 88.1. The van der Waals surface area contributed by atoms with E-state index in [4.69, 9.17) is 4.74 Å². The highest BCUT2D eigenvalue weighted by Gasteiger charge is 2.01. The van der Waals surface area contributed by atoms with Crippen LogP contribution in [0.5, 0.6) is 0 Å². The molecule has 7 heavy (non-hydrogen) atoms. The molecule has 40 valence electrons. The number of rotatable bonds is 1. The summed E-state index contributed by atoms with van der Waals surface area (Å²) < 4.78 is 5.05. The summed E-state index contributed by atoms with van der Waals surface area (Å²) in [6.45, 7) is 3.70. The van der Waals surface area contributed by atoms with E-state index in [1.807, 2.05) is 6.92 Å². The average Bonchev–Trinajstić information content (AvgIpc) is 2.14. The molecular formula is C5H9NO. The van der Waals surface area contributed by atoms with Crippen LogP contribution in [0.4, 0.5) is 0 Å². The first kappa shape index (κ1) is 4.62. The normalized spacial score (nSPS) is 18.7. The van der Waals surface area contributed by atoms with Gasteiger partial charge in [-0.1, -0.05) is 6.92 Å². The molecule has 0 aromatic carbocycles. The van der Waals surface area contributed by atoms with E-state index in [0.717, 1.165) is 25.5 Å². The Balaban J connectivity index is 2.36. The standard InChI is InChI=1S/C5H9NO/c1-2-5-6-3-4-7-5/h2-4H2,1H3. The zero-order valence-electron chi connectivity index (χ0n) is 4.48. The SMILES string of the molecule is CCC1=NCCO1. The van der Waals surface area contributed by atoms with Gasteiger partial charge in [-0.15, -0.1) is 0 Å². The molecule has 0 fully saturated rings. The van der Waals surface area contributed by atoms with Crippen LogP contribution in [0.3, 0.4) is 0 Å². The zero-order chi connectivity index (χ0) is 5.11. The minimum atomic E-state index is 0.795. The summed E-state index contributed by atoms with van der Waals surface area (Å²) in [5, 5.41) is 0. The molecule has 1 aliphatic rings. The van der Waals surface area contributed by atoms with Gasteiger partial charge in [0.05, 0.1) is 6.54 Å². The molecule has 1 aliphatic heterocycles. The van der Waals surface area contributed by atoms with Crippen molar-refractivity contribution in [3.8, 4) is 0 Å². The van der Waals surface area contributed by atoms with Gasteiger partial charge in [0.15, 0.2) is 5.90 Å². The highest BCUT2D eigenvalue weighted by atomic mass is 16.5. The lowest BCUT2D eigenvalue weighted by molar-refractivity contribution is 0.340. The van der Waals surface area contributed by atoms with Crippen LogP contribution >= 0.6 is 0 Å². The van der Waals surface area contributed by atoms with Crippen LogP contribution < -0.4 is 0 Å². The third-order valence-electron chi connectivity index (χ3n) is 0.951. The fraction of sp³-hybridized carbons (Fsp3) is 0.800. The summed E-state index contributed by atoms with van der Waals surface area (Å²) in [4.78, 5) is 4.05. The third-order valence-corrected chi connectivity index (χ3v) is 0.951. The molecule has 2 heteroatoms. The third kappa shape index (κ3) is 0.918. The Kier molecular flexibility index (Phi) is 1.29. The molecule has 0 saturated carbocycles. The fourth-order valence-electron chi connectivity index (χ4n) is 0.593. The quantitative estimate of drug-likeness (QED) is 0.477. The van der Waals surface area contributed by atoms with Gasteiger partial charge >= 0.3 is 0 Å². The van der Waals surface area contributed by atoms with E-state index >= 15 is 0 Å². The number of nitrogens with zero attached hydrogens (tertiary/aromatic N) is 1. The fourth-order valence-corrected chi connectivity index (χ4v) is 0.593. The van der Waals surface area contributed by atoms with Crippen LogP contribution in [0.25, 0.3) is 0 Å². The number of hydrogen-bond donors (Lipinski definition) is 0. The van der Waals surface area contributed by atoms with E-state index in [9.17, 15) is 0 Å². The average molecular weight is 99.1 g/mol. The topological polar surface area (TPSA) is 21.6 Å². The van der Waals surface area contributed by atoms with Gasteiger partial charge in [0.2, 0.25) is 0 Å². The van der Waals surface area contributed by atoms with Crippen molar-refractivity contribution in [3.05, 3.63) is 0 Å². The van der Waals surface area contributed by atoms with E-state index in [2.05, 4.69) is 4.99 Å². The minimum Gasteiger partial charge on any atom is -0.479 e. The van der Waals surface area contributed by atoms with Gasteiger partial charge in [0.1, 0.15) is 6.61 Å². The zero-order valence-corrected chi connectivity index (χ0v) is 4.48. The van der Waals surface area contributed by atoms with Crippen LogP contribution in [0, 0.1) is 0 Å². The highest BCUT2D eigenvalue weighted by molar-refractivity contribution is 5.76. The molecular weight excluding hydrogens is 90.1 g/mol. The molecule has 0 aliphatic carbocycles. The van der Waals surface area contributed by atoms with Crippen LogP contribution in [-0.4, -0.2) is 19.0 Å². The molecule has 1 rings (SSSR count). The number of aliphatic imine (C=N–C) groups is 1. The Labute approximate surface area is 43.2 Å².